The number of halogens is 2. The number of hydrogen-bond donors (Lipinski definition) is 0. The highest BCUT2D eigenvalue weighted by Crippen LogP contribution is 2.15. The van der Waals surface area contributed by atoms with Crippen LogP contribution in [0.1, 0.15) is 33.6 Å². The summed E-state index contributed by atoms with van der Waals surface area (Å²) in [7, 11) is 0. The van der Waals surface area contributed by atoms with E-state index in [1.807, 2.05) is 20.8 Å². The van der Waals surface area contributed by atoms with Gasteiger partial charge in [-0.3, -0.25) is 4.79 Å². The van der Waals surface area contributed by atoms with E-state index in [-0.39, 0.29) is 5.91 Å². The van der Waals surface area contributed by atoms with E-state index in [4.69, 9.17) is 0 Å². The third-order valence-corrected chi connectivity index (χ3v) is 1.76. The van der Waals surface area contributed by atoms with Crippen molar-refractivity contribution in [3.8, 4) is 0 Å². The molecule has 0 fully saturated rings. The summed E-state index contributed by atoms with van der Waals surface area (Å²) in [6.07, 6.45) is 0.113. The number of allylic oxidation sites excluding steroid dienone is 1. The number of amides is 1. The van der Waals surface area contributed by atoms with Gasteiger partial charge in [0.25, 0.3) is 6.43 Å². The van der Waals surface area contributed by atoms with Crippen LogP contribution in [0.2, 0.25) is 0 Å². The van der Waals surface area contributed by atoms with E-state index in [0.29, 0.717) is 12.8 Å². The third-order valence-electron chi connectivity index (χ3n) is 1.76. The zero-order chi connectivity index (χ0) is 11.1. The molecule has 0 spiro atoms. The lowest BCUT2D eigenvalue weighted by Crippen LogP contribution is -2.32. The Kier molecular flexibility index (Phi) is 6.08. The highest BCUT2D eigenvalue weighted by molar-refractivity contribution is 5.78. The lowest BCUT2D eigenvalue weighted by atomic mass is 10.1. The van der Waals surface area contributed by atoms with Crippen molar-refractivity contribution in [3.63, 3.8) is 0 Å². The number of carbonyl (C=O) groups is 1. The van der Waals surface area contributed by atoms with Gasteiger partial charge in [-0.15, -0.1) is 0 Å². The van der Waals surface area contributed by atoms with Crippen molar-refractivity contribution < 1.29 is 13.6 Å². The van der Waals surface area contributed by atoms with Crippen LogP contribution in [-0.2, 0) is 4.79 Å². The van der Waals surface area contributed by atoms with Crippen LogP contribution in [0.3, 0.4) is 0 Å². The van der Waals surface area contributed by atoms with E-state index in [1.165, 1.54) is 6.20 Å². The molecule has 14 heavy (non-hydrogen) atoms. The van der Waals surface area contributed by atoms with E-state index in [2.05, 4.69) is 0 Å². The molecule has 0 unspecified atom stereocenters. The van der Waals surface area contributed by atoms with Crippen molar-refractivity contribution in [2.24, 2.45) is 0 Å². The maximum absolute atomic E-state index is 11.9. The van der Waals surface area contributed by atoms with E-state index in [0.717, 1.165) is 10.5 Å². The zero-order valence-electron chi connectivity index (χ0n) is 8.89. The Hall–Kier alpha value is -0.930. The molecular formula is C10H17F2NO. The second kappa shape index (κ2) is 6.51. The van der Waals surface area contributed by atoms with Crippen LogP contribution in [0, 0.1) is 0 Å². The van der Waals surface area contributed by atoms with Crippen LogP contribution in [0.5, 0.6) is 0 Å². The topological polar surface area (TPSA) is 20.3 Å². The molecule has 1 heterocycles. The number of carbonyl (C=O) groups excluding carboxylic acids is 1. The molecule has 4 heteroatoms. The summed E-state index contributed by atoms with van der Waals surface area (Å²) in [4.78, 5) is 12.1. The van der Waals surface area contributed by atoms with E-state index in [1.54, 1.807) is 0 Å². The van der Waals surface area contributed by atoms with Crippen LogP contribution >= 0.6 is 0 Å². The zero-order valence-corrected chi connectivity index (χ0v) is 8.89. The van der Waals surface area contributed by atoms with Gasteiger partial charge in [-0.25, -0.2) is 8.78 Å². The first-order valence-corrected chi connectivity index (χ1v) is 4.84. The molecule has 0 aromatic carbocycles. The van der Waals surface area contributed by atoms with Crippen LogP contribution in [0.25, 0.3) is 0 Å². The fourth-order valence-electron chi connectivity index (χ4n) is 1.15. The molecular weight excluding hydrogens is 188 g/mol. The molecule has 1 rings (SSSR count). The molecule has 1 aliphatic rings. The van der Waals surface area contributed by atoms with Gasteiger partial charge in [-0.2, -0.15) is 0 Å². The highest BCUT2D eigenvalue weighted by atomic mass is 19.3. The van der Waals surface area contributed by atoms with Crippen molar-refractivity contribution in [3.05, 3.63) is 11.8 Å². The largest absolute Gasteiger partial charge is 0.313 e. The Balaban J connectivity index is 0.000000791. The van der Waals surface area contributed by atoms with E-state index in [9.17, 15) is 13.6 Å². The minimum Gasteiger partial charge on any atom is -0.313 e. The smallest absolute Gasteiger partial charge is 0.256 e. The van der Waals surface area contributed by atoms with Crippen LogP contribution < -0.4 is 0 Å². The second-order valence-corrected chi connectivity index (χ2v) is 2.91. The quantitative estimate of drug-likeness (QED) is 0.678. The molecule has 0 aromatic rings. The van der Waals surface area contributed by atoms with Gasteiger partial charge in [0, 0.05) is 12.6 Å². The van der Waals surface area contributed by atoms with Gasteiger partial charge in [0.15, 0.2) is 0 Å². The lowest BCUT2D eigenvalue weighted by molar-refractivity contribution is -0.130. The van der Waals surface area contributed by atoms with Gasteiger partial charge in [0.05, 0.1) is 6.54 Å². The van der Waals surface area contributed by atoms with Crippen molar-refractivity contribution in [2.45, 2.75) is 40.0 Å². The number of nitrogens with zero attached hydrogens (tertiary/aromatic N) is 1. The molecule has 0 saturated carbocycles. The third kappa shape index (κ3) is 4.35. The minimum absolute atomic E-state index is 0.207. The Morgan fingerprint density at radius 1 is 1.43 bits per heavy atom. The van der Waals surface area contributed by atoms with Crippen molar-refractivity contribution >= 4 is 5.91 Å². The molecule has 0 aromatic heterocycles. The van der Waals surface area contributed by atoms with Gasteiger partial charge in [-0.05, 0) is 13.3 Å². The number of hydrogen-bond acceptors (Lipinski definition) is 1. The van der Waals surface area contributed by atoms with Gasteiger partial charge >= 0.3 is 0 Å². The summed E-state index contributed by atoms with van der Waals surface area (Å²) in [6, 6.07) is 0. The van der Waals surface area contributed by atoms with Gasteiger partial charge in [0.2, 0.25) is 5.91 Å². The average molecular weight is 205 g/mol. The Morgan fingerprint density at radius 3 is 2.50 bits per heavy atom. The van der Waals surface area contributed by atoms with Crippen molar-refractivity contribution in [2.75, 3.05) is 6.54 Å². The monoisotopic (exact) mass is 205 g/mol. The lowest BCUT2D eigenvalue weighted by Gasteiger charge is -2.23. The summed E-state index contributed by atoms with van der Waals surface area (Å²) in [5, 5.41) is 0. The van der Waals surface area contributed by atoms with Crippen molar-refractivity contribution in [1.82, 2.24) is 4.90 Å². The molecule has 0 saturated heterocycles. The normalized spacial score (nSPS) is 16.3. The summed E-state index contributed by atoms with van der Waals surface area (Å²) >= 11 is 0. The first kappa shape index (κ1) is 13.1. The summed E-state index contributed by atoms with van der Waals surface area (Å²) in [5.41, 5.74) is 0.982. The highest BCUT2D eigenvalue weighted by Gasteiger charge is 2.19. The maximum atomic E-state index is 11.9. The molecule has 0 N–H and O–H groups in total. The molecule has 0 atom stereocenters. The van der Waals surface area contributed by atoms with E-state index >= 15 is 0 Å². The van der Waals surface area contributed by atoms with E-state index < -0.39 is 13.0 Å². The fraction of sp³-hybridized carbons (Fsp3) is 0.700. The van der Waals surface area contributed by atoms with Gasteiger partial charge in [0.1, 0.15) is 0 Å². The molecule has 1 aliphatic heterocycles. The Bertz CT molecular complexity index is 214. The molecule has 82 valence electrons. The summed E-state index contributed by atoms with van der Waals surface area (Å²) in [6.45, 7) is 5.36. The molecule has 0 radical (unpaired) electrons. The van der Waals surface area contributed by atoms with Gasteiger partial charge in [-0.1, -0.05) is 19.4 Å². The Morgan fingerprint density at radius 2 is 2.00 bits per heavy atom. The molecule has 1 amide bonds. The number of rotatable bonds is 2. The van der Waals surface area contributed by atoms with Crippen LogP contribution in [-0.4, -0.2) is 23.8 Å². The number of alkyl halides is 2. The van der Waals surface area contributed by atoms with Crippen molar-refractivity contribution in [1.29, 1.82) is 0 Å². The predicted molar refractivity (Wildman–Crippen MR) is 52.1 cm³/mol. The van der Waals surface area contributed by atoms with Gasteiger partial charge < -0.3 is 4.90 Å². The van der Waals surface area contributed by atoms with Crippen LogP contribution in [0.4, 0.5) is 8.78 Å². The second-order valence-electron chi connectivity index (χ2n) is 2.91. The first-order valence-electron chi connectivity index (χ1n) is 4.84. The maximum Gasteiger partial charge on any atom is 0.256 e. The molecule has 2 nitrogen and oxygen atoms in total. The first-order chi connectivity index (χ1) is 6.59. The SMILES string of the molecule is CC.CC1=CN(CC(F)F)C(=O)CC1. The average Bonchev–Trinajstić information content (AvgIpc) is 2.14. The molecule has 0 bridgehead atoms. The minimum atomic E-state index is -2.45. The molecule has 0 aliphatic carbocycles. The predicted octanol–water partition coefficient (Wildman–Crippen LogP) is 2.80. The standard InChI is InChI=1S/C8H11F2NO.C2H6/c1-6-2-3-8(12)11(4-6)5-7(9)10;1-2/h4,7H,2-3,5H2,1H3;1-2H3. The summed E-state index contributed by atoms with van der Waals surface area (Å²) < 4.78 is 23.8. The van der Waals surface area contributed by atoms with Crippen LogP contribution in [0.15, 0.2) is 11.8 Å². The summed E-state index contributed by atoms with van der Waals surface area (Å²) in [5.74, 6) is -0.207. The Labute approximate surface area is 83.6 Å². The fourth-order valence-corrected chi connectivity index (χ4v) is 1.15.